The molecule has 4 aromatic carbocycles. The summed E-state index contributed by atoms with van der Waals surface area (Å²) in [7, 11) is 7.02. The minimum absolute atomic E-state index is 0.0915. The average molecular weight is 1140 g/mol. The molecule has 1 aromatic heterocycles. The lowest BCUT2D eigenvalue weighted by Crippen LogP contribution is -2.54. The normalized spacial score (nSPS) is 13.5. The van der Waals surface area contributed by atoms with Gasteiger partial charge in [0.15, 0.2) is 5.76 Å². The van der Waals surface area contributed by atoms with Crippen molar-refractivity contribution in [2.45, 2.75) is 64.6 Å². The molecule has 3 heterocycles. The molecule has 442 valence electrons. The van der Waals surface area contributed by atoms with E-state index in [1.807, 2.05) is 69.2 Å². The molecular formula is C59H73N11O13. The number of ether oxygens (including phenoxy) is 3. The van der Waals surface area contributed by atoms with Gasteiger partial charge in [-0.1, -0.05) is 50.2 Å². The van der Waals surface area contributed by atoms with E-state index in [9.17, 15) is 43.2 Å². The predicted molar refractivity (Wildman–Crippen MR) is 310 cm³/mol. The largest absolute Gasteiger partial charge is 0.492 e. The molecule has 0 bridgehead atoms. The number of nitrogens with zero attached hydrogens (tertiary/aromatic N) is 5. The molecule has 83 heavy (non-hydrogen) atoms. The van der Waals surface area contributed by atoms with Crippen LogP contribution in [0.25, 0.3) is 21.7 Å². The first-order chi connectivity index (χ1) is 39.8. The van der Waals surface area contributed by atoms with Gasteiger partial charge in [-0.2, -0.15) is 0 Å². The van der Waals surface area contributed by atoms with E-state index in [4.69, 9.17) is 24.4 Å². The molecule has 0 spiro atoms. The zero-order chi connectivity index (χ0) is 59.7. The summed E-state index contributed by atoms with van der Waals surface area (Å²) in [6, 6.07) is 20.5. The fraction of sp³-hybridized carbons (Fsp3) is 0.407. The molecule has 5 aromatic rings. The number of hydrogen-bond donors (Lipinski definition) is 6. The number of fused-ring (bicyclic) bond motifs is 4. The van der Waals surface area contributed by atoms with Gasteiger partial charge in [-0.15, -0.1) is 0 Å². The van der Waals surface area contributed by atoms with Gasteiger partial charge in [-0.3, -0.25) is 33.7 Å². The zero-order valence-electron chi connectivity index (χ0n) is 47.6. The SMILES string of the molecule is CC(C)C(NCCNC(=O)CCCN1C(=O)C=CC1=O)C(=O)N[C@@H](CCCNC(N)=O)C(=O)Nc1ccc(COC(=O)N(C)CCN(C)C(=O)Oc2cc3c(c4ccccc24)CCN3C(=O)c2cc3cc(OCCN(C)C)ccc3o2)cc1. The summed E-state index contributed by atoms with van der Waals surface area (Å²) in [4.78, 5) is 123. The lowest BCUT2D eigenvalue weighted by molar-refractivity contribution is -0.137. The fourth-order valence-corrected chi connectivity index (χ4v) is 9.30. The second-order valence-corrected chi connectivity index (χ2v) is 20.8. The van der Waals surface area contributed by atoms with Gasteiger partial charge in [-0.25, -0.2) is 14.4 Å². The maximum atomic E-state index is 14.1. The van der Waals surface area contributed by atoms with Gasteiger partial charge in [0.1, 0.15) is 36.3 Å². The third-order valence-electron chi connectivity index (χ3n) is 13.9. The van der Waals surface area contributed by atoms with Crippen LogP contribution in [-0.2, 0) is 41.7 Å². The maximum Gasteiger partial charge on any atom is 0.415 e. The first-order valence-electron chi connectivity index (χ1n) is 27.5. The summed E-state index contributed by atoms with van der Waals surface area (Å²) in [5, 5.41) is 16.3. The van der Waals surface area contributed by atoms with E-state index in [0.717, 1.165) is 27.8 Å². The summed E-state index contributed by atoms with van der Waals surface area (Å²) >= 11 is 0. The van der Waals surface area contributed by atoms with Gasteiger partial charge < -0.3 is 70.5 Å². The minimum Gasteiger partial charge on any atom is -0.492 e. The Morgan fingerprint density at radius 2 is 1.48 bits per heavy atom. The lowest BCUT2D eigenvalue weighted by atomic mass is 10.0. The summed E-state index contributed by atoms with van der Waals surface area (Å²) in [6.07, 6.45) is 2.48. The van der Waals surface area contributed by atoms with Crippen LogP contribution < -0.4 is 46.7 Å². The molecule has 0 radical (unpaired) electrons. The number of likely N-dealkylation sites (N-methyl/N-ethyl adjacent to an activating group) is 3. The Balaban J connectivity index is 0.868. The van der Waals surface area contributed by atoms with Crippen LogP contribution in [0.5, 0.6) is 11.5 Å². The van der Waals surface area contributed by atoms with E-state index in [2.05, 4.69) is 26.6 Å². The number of anilines is 2. The number of imide groups is 1. The molecule has 2 aliphatic heterocycles. The van der Waals surface area contributed by atoms with E-state index in [0.29, 0.717) is 66.1 Å². The third kappa shape index (κ3) is 17.0. The Hall–Kier alpha value is -9.03. The lowest BCUT2D eigenvalue weighted by Gasteiger charge is -2.25. The van der Waals surface area contributed by atoms with Gasteiger partial charge in [0.25, 0.3) is 17.7 Å². The Morgan fingerprint density at radius 3 is 2.18 bits per heavy atom. The van der Waals surface area contributed by atoms with Gasteiger partial charge in [0.2, 0.25) is 17.7 Å². The number of furan rings is 1. The van der Waals surface area contributed by atoms with E-state index in [1.165, 1.54) is 29.0 Å². The molecule has 0 fully saturated rings. The molecule has 0 saturated carbocycles. The number of rotatable bonds is 28. The molecule has 0 aliphatic carbocycles. The highest BCUT2D eigenvalue weighted by atomic mass is 16.6. The average Bonchev–Trinajstić information content (AvgIpc) is 3.66. The summed E-state index contributed by atoms with van der Waals surface area (Å²) < 4.78 is 23.5. The number of nitrogens with two attached hydrogens (primary N) is 1. The second kappa shape index (κ2) is 29.1. The molecule has 2 atom stereocenters. The smallest absolute Gasteiger partial charge is 0.415 e. The van der Waals surface area contributed by atoms with Crippen molar-refractivity contribution in [3.8, 4) is 11.5 Å². The van der Waals surface area contributed by atoms with Crippen molar-refractivity contribution in [1.29, 1.82) is 0 Å². The minimum atomic E-state index is -1.02. The Morgan fingerprint density at radius 1 is 0.771 bits per heavy atom. The van der Waals surface area contributed by atoms with Crippen molar-refractivity contribution >= 4 is 86.8 Å². The summed E-state index contributed by atoms with van der Waals surface area (Å²) in [5.41, 5.74) is 8.34. The highest BCUT2D eigenvalue weighted by Gasteiger charge is 2.32. The van der Waals surface area contributed by atoms with Crippen LogP contribution in [0.15, 0.2) is 95.4 Å². The number of carbonyl (C=O) groups is 9. The monoisotopic (exact) mass is 1140 g/mol. The molecule has 0 saturated heterocycles. The van der Waals surface area contributed by atoms with E-state index >= 15 is 0 Å². The topological polar surface area (TPSA) is 297 Å². The van der Waals surface area contributed by atoms with Crippen LogP contribution in [0.4, 0.5) is 25.8 Å². The third-order valence-corrected chi connectivity index (χ3v) is 13.9. The molecule has 7 rings (SSSR count). The number of primary amides is 1. The zero-order valence-corrected chi connectivity index (χ0v) is 47.6. The van der Waals surface area contributed by atoms with Gasteiger partial charge in [0, 0.05) is 108 Å². The van der Waals surface area contributed by atoms with E-state index in [1.54, 1.807) is 54.4 Å². The van der Waals surface area contributed by atoms with Crippen molar-refractivity contribution in [1.82, 2.24) is 40.9 Å². The van der Waals surface area contributed by atoms with Crippen LogP contribution in [-0.4, -0.2) is 172 Å². The van der Waals surface area contributed by atoms with E-state index < -0.39 is 53.9 Å². The maximum absolute atomic E-state index is 14.1. The molecular weight excluding hydrogens is 1070 g/mol. The molecule has 24 nitrogen and oxygen atoms in total. The Bertz CT molecular complexity index is 3200. The summed E-state index contributed by atoms with van der Waals surface area (Å²) in [6.45, 7) is 6.10. The van der Waals surface area contributed by atoms with Gasteiger partial charge in [-0.05, 0) is 98.6 Å². The first kappa shape index (κ1) is 61.6. The highest BCUT2D eigenvalue weighted by Crippen LogP contribution is 2.41. The van der Waals surface area contributed by atoms with Crippen LogP contribution >= 0.6 is 0 Å². The molecule has 24 heteroatoms. The number of carbonyl (C=O) groups excluding carboxylic acids is 9. The number of nitrogens with one attached hydrogen (secondary N) is 5. The number of benzene rings is 4. The van der Waals surface area contributed by atoms with Crippen molar-refractivity contribution < 1.29 is 61.8 Å². The van der Waals surface area contributed by atoms with Crippen molar-refractivity contribution in [3.05, 3.63) is 108 Å². The summed E-state index contributed by atoms with van der Waals surface area (Å²) in [5.74, 6) is -1.53. The quantitative estimate of drug-likeness (QED) is 0.0291. The molecule has 10 amide bonds. The number of hydrogen-bond acceptors (Lipinski definition) is 15. The number of amides is 10. The fourth-order valence-electron chi connectivity index (χ4n) is 9.30. The first-order valence-corrected chi connectivity index (χ1v) is 27.5. The molecule has 2 aliphatic rings. The van der Waals surface area contributed by atoms with Crippen LogP contribution in [0.1, 0.15) is 61.2 Å². The Labute approximate surface area is 480 Å². The number of urea groups is 1. The van der Waals surface area contributed by atoms with Crippen LogP contribution in [0, 0.1) is 5.92 Å². The van der Waals surface area contributed by atoms with Crippen molar-refractivity contribution in [2.24, 2.45) is 11.7 Å². The van der Waals surface area contributed by atoms with Crippen molar-refractivity contribution in [2.75, 3.05) is 97.4 Å². The Kier molecular flexibility index (Phi) is 21.6. The second-order valence-electron chi connectivity index (χ2n) is 20.8. The van der Waals surface area contributed by atoms with Crippen molar-refractivity contribution in [3.63, 3.8) is 0 Å². The van der Waals surface area contributed by atoms with Crippen LogP contribution in [0.3, 0.4) is 0 Å². The van der Waals surface area contributed by atoms with Gasteiger partial charge in [0.05, 0.1) is 11.7 Å². The standard InChI is InChI=1S/C59H73N11O13/c1-37(2)53(62-26-25-61-50(71)14-10-27-70-51(72)21-22-52(70)73)55(75)65-45(13-9-24-63-57(60)77)54(74)64-40-17-15-38(16-18-40)36-81-58(78)67(5)29-30-68(6)59(79)83-48-35-46-43(42-11-7-8-12-44(42)48)23-28-69(46)56(76)49-34-39-33-41(19-20-47(39)82-49)80-32-31-66(3)4/h7-8,11-12,15-22,33-35,37,45,53,62H,9-10,13-14,23-32,36H2,1-6H3,(H,61,71)(H,64,74)(H,65,75)(H3,60,63,77)/t45-,53?/m0/s1. The van der Waals surface area contributed by atoms with Gasteiger partial charge >= 0.3 is 18.2 Å². The highest BCUT2D eigenvalue weighted by molar-refractivity contribution is 6.13. The van der Waals surface area contributed by atoms with Crippen LogP contribution in [0.2, 0.25) is 0 Å². The predicted octanol–water partition coefficient (Wildman–Crippen LogP) is 4.74. The molecule has 1 unspecified atom stereocenters. The van der Waals surface area contributed by atoms with E-state index in [-0.39, 0.29) is 88.0 Å². The molecule has 7 N–H and O–H groups in total.